The van der Waals surface area contributed by atoms with E-state index in [0.717, 1.165) is 35.7 Å². The molecule has 0 aromatic heterocycles. The minimum absolute atomic E-state index is 0.179. The van der Waals surface area contributed by atoms with Crippen molar-refractivity contribution in [2.45, 2.75) is 19.8 Å². The summed E-state index contributed by atoms with van der Waals surface area (Å²) < 4.78 is 5.60. The summed E-state index contributed by atoms with van der Waals surface area (Å²) in [6.45, 7) is 2.83. The van der Waals surface area contributed by atoms with E-state index in [2.05, 4.69) is 29.2 Å². The standard InChI is InChI=1S/C17H22N4O2/c1-2-3-10-23-14-7-5-13(6-8-14)20-17(22)12-4-9-15(18)16(11-12)21-19/h4-9,11,21H,2-3,10,18-19H2,1H3,(H,20,22)/p+2. The molecule has 23 heavy (non-hydrogen) atoms. The smallest absolute Gasteiger partial charge is 0.255 e. The lowest BCUT2D eigenvalue weighted by molar-refractivity contribution is -0.327. The molecule has 2 aromatic carbocycles. The molecule has 2 aromatic rings. The molecule has 1 amide bonds. The highest BCUT2D eigenvalue weighted by molar-refractivity contribution is 6.05. The van der Waals surface area contributed by atoms with Gasteiger partial charge in [-0.3, -0.25) is 10.6 Å². The highest BCUT2D eigenvalue weighted by Gasteiger charge is 2.10. The quantitative estimate of drug-likeness (QED) is 0.460. The lowest BCUT2D eigenvalue weighted by Gasteiger charge is -2.09. The zero-order valence-corrected chi connectivity index (χ0v) is 13.4. The van der Waals surface area contributed by atoms with Crippen molar-refractivity contribution in [1.29, 1.82) is 0 Å². The molecular weight excluding hydrogens is 292 g/mol. The van der Waals surface area contributed by atoms with Crippen LogP contribution in [0.25, 0.3) is 0 Å². The van der Waals surface area contributed by atoms with E-state index < -0.39 is 0 Å². The number of carbonyl (C=O) groups is 1. The SMILES string of the molecule is CCCCOc1ccc(NC(=O)c2ccc([NH3+])c(N[NH3+])c2)cc1. The lowest BCUT2D eigenvalue weighted by atomic mass is 10.1. The van der Waals surface area contributed by atoms with Gasteiger partial charge in [0.25, 0.3) is 5.91 Å². The third-order valence-corrected chi connectivity index (χ3v) is 3.44. The monoisotopic (exact) mass is 316 g/mol. The van der Waals surface area contributed by atoms with Crippen LogP contribution in [0.15, 0.2) is 42.5 Å². The maximum Gasteiger partial charge on any atom is 0.255 e. The van der Waals surface area contributed by atoms with Crippen molar-refractivity contribution in [3.05, 3.63) is 48.0 Å². The molecule has 122 valence electrons. The Kier molecular flexibility index (Phi) is 5.96. The van der Waals surface area contributed by atoms with E-state index in [1.54, 1.807) is 18.2 Å². The van der Waals surface area contributed by atoms with Gasteiger partial charge in [0.2, 0.25) is 0 Å². The molecule has 6 heteroatoms. The molecule has 0 atom stereocenters. The van der Waals surface area contributed by atoms with Crippen LogP contribution in [0.1, 0.15) is 30.1 Å². The lowest BCUT2D eigenvalue weighted by Crippen LogP contribution is -2.58. The Morgan fingerprint density at radius 1 is 1.17 bits per heavy atom. The number of amides is 1. The average Bonchev–Trinajstić information content (AvgIpc) is 2.57. The first-order chi connectivity index (χ1) is 11.1. The van der Waals surface area contributed by atoms with Gasteiger partial charge in [-0.15, -0.1) is 0 Å². The van der Waals surface area contributed by atoms with E-state index >= 15 is 0 Å². The Morgan fingerprint density at radius 3 is 2.57 bits per heavy atom. The molecule has 0 saturated heterocycles. The molecule has 0 fully saturated rings. The molecule has 2 rings (SSSR count). The maximum atomic E-state index is 12.3. The molecule has 0 aliphatic carbocycles. The van der Waals surface area contributed by atoms with Crippen LogP contribution in [-0.4, -0.2) is 12.5 Å². The molecule has 6 nitrogen and oxygen atoms in total. The number of hydrogen-bond donors (Lipinski definition) is 4. The van der Waals surface area contributed by atoms with Crippen molar-refractivity contribution in [2.75, 3.05) is 17.3 Å². The zero-order chi connectivity index (χ0) is 16.7. The van der Waals surface area contributed by atoms with Gasteiger partial charge in [0.15, 0.2) is 5.69 Å². The molecule has 0 aliphatic rings. The van der Waals surface area contributed by atoms with Crippen LogP contribution < -0.4 is 27.1 Å². The van der Waals surface area contributed by atoms with Crippen LogP contribution in [-0.2, 0) is 0 Å². The van der Waals surface area contributed by atoms with Crippen LogP contribution in [0.2, 0.25) is 0 Å². The van der Waals surface area contributed by atoms with Crippen LogP contribution in [0, 0.1) is 0 Å². The summed E-state index contributed by atoms with van der Waals surface area (Å²) in [5.74, 6) is 4.23. The van der Waals surface area contributed by atoms with Gasteiger partial charge >= 0.3 is 0 Å². The number of anilines is 2. The van der Waals surface area contributed by atoms with Crippen molar-refractivity contribution in [3.63, 3.8) is 0 Å². The van der Waals surface area contributed by atoms with E-state index in [9.17, 15) is 4.79 Å². The number of benzene rings is 2. The van der Waals surface area contributed by atoms with Gasteiger partial charge in [-0.2, -0.15) is 0 Å². The molecule has 0 unspecified atom stereocenters. The second kappa shape index (κ2) is 8.17. The fourth-order valence-corrected chi connectivity index (χ4v) is 2.05. The number of rotatable bonds is 7. The van der Waals surface area contributed by atoms with E-state index in [-0.39, 0.29) is 5.91 Å². The van der Waals surface area contributed by atoms with Gasteiger partial charge < -0.3 is 15.8 Å². The normalized spacial score (nSPS) is 10.2. The summed E-state index contributed by atoms with van der Waals surface area (Å²) in [6.07, 6.45) is 2.13. The summed E-state index contributed by atoms with van der Waals surface area (Å²) in [7, 11) is 0. The molecule has 8 N–H and O–H groups in total. The number of ether oxygens (including phenoxy) is 1. The Bertz CT molecular complexity index is 656. The Balaban J connectivity index is 2.00. The van der Waals surface area contributed by atoms with Gasteiger partial charge in [-0.25, -0.2) is 5.43 Å². The first kappa shape index (κ1) is 16.8. The second-order valence-electron chi connectivity index (χ2n) is 5.23. The fraction of sp³-hybridized carbons (Fsp3) is 0.235. The van der Waals surface area contributed by atoms with Crippen LogP contribution >= 0.6 is 0 Å². The third-order valence-electron chi connectivity index (χ3n) is 3.44. The summed E-state index contributed by atoms with van der Waals surface area (Å²) in [6, 6.07) is 12.6. The van der Waals surface area contributed by atoms with Crippen molar-refractivity contribution < 1.29 is 21.1 Å². The van der Waals surface area contributed by atoms with Gasteiger partial charge in [-0.1, -0.05) is 13.3 Å². The number of carbonyl (C=O) groups excluding carboxylic acids is 1. The van der Waals surface area contributed by atoms with Crippen molar-refractivity contribution in [3.8, 4) is 5.75 Å². The number of quaternary nitrogens is 2. The van der Waals surface area contributed by atoms with Gasteiger partial charge in [0.05, 0.1) is 6.61 Å². The van der Waals surface area contributed by atoms with Crippen molar-refractivity contribution in [2.24, 2.45) is 0 Å². The fourth-order valence-electron chi connectivity index (χ4n) is 2.05. The minimum atomic E-state index is -0.179. The van der Waals surface area contributed by atoms with Crippen molar-refractivity contribution >= 4 is 23.0 Å². The van der Waals surface area contributed by atoms with Crippen LogP contribution in [0.4, 0.5) is 17.1 Å². The first-order valence-corrected chi connectivity index (χ1v) is 7.67. The topological polar surface area (TPSA) is 106 Å². The predicted molar refractivity (Wildman–Crippen MR) is 90.3 cm³/mol. The summed E-state index contributed by atoms with van der Waals surface area (Å²) >= 11 is 0. The number of unbranched alkanes of at least 4 members (excludes halogenated alkanes) is 1. The average molecular weight is 316 g/mol. The number of nitrogens with one attached hydrogen (secondary N) is 2. The van der Waals surface area contributed by atoms with Crippen molar-refractivity contribution in [1.82, 2.24) is 0 Å². The van der Waals surface area contributed by atoms with Crippen LogP contribution in [0.5, 0.6) is 5.75 Å². The van der Waals surface area contributed by atoms with Gasteiger partial charge in [0.1, 0.15) is 11.4 Å². The van der Waals surface area contributed by atoms with Gasteiger partial charge in [-0.05, 0) is 42.8 Å². The molecular formula is C17H24N4O2+2. The second-order valence-corrected chi connectivity index (χ2v) is 5.23. The Morgan fingerprint density at radius 2 is 1.91 bits per heavy atom. The van der Waals surface area contributed by atoms with E-state index in [1.165, 1.54) is 0 Å². The Labute approximate surface area is 135 Å². The first-order valence-electron chi connectivity index (χ1n) is 7.67. The predicted octanol–water partition coefficient (Wildman–Crippen LogP) is 1.56. The Hall–Kier alpha value is -2.57. The van der Waals surface area contributed by atoms with Gasteiger partial charge in [0, 0.05) is 17.3 Å². The molecule has 0 bridgehead atoms. The third kappa shape index (κ3) is 4.70. The maximum absolute atomic E-state index is 12.3. The number of hydrogen-bond acceptors (Lipinski definition) is 3. The van der Waals surface area contributed by atoms with E-state index in [1.807, 2.05) is 24.3 Å². The minimum Gasteiger partial charge on any atom is -0.494 e. The van der Waals surface area contributed by atoms with E-state index in [4.69, 9.17) is 4.74 Å². The molecule has 0 radical (unpaired) electrons. The van der Waals surface area contributed by atoms with Crippen LogP contribution in [0.3, 0.4) is 0 Å². The molecule has 0 spiro atoms. The molecule has 0 aliphatic heterocycles. The highest BCUT2D eigenvalue weighted by atomic mass is 16.5. The highest BCUT2D eigenvalue weighted by Crippen LogP contribution is 2.20. The van der Waals surface area contributed by atoms with E-state index in [0.29, 0.717) is 12.2 Å². The zero-order valence-electron chi connectivity index (χ0n) is 13.4. The summed E-state index contributed by atoms with van der Waals surface area (Å²) in [5.41, 5.74) is 9.45. The summed E-state index contributed by atoms with van der Waals surface area (Å²) in [4.78, 5) is 12.3. The largest absolute Gasteiger partial charge is 0.494 e. The molecule has 0 heterocycles. The molecule has 0 saturated carbocycles. The summed E-state index contributed by atoms with van der Waals surface area (Å²) in [5, 5.41) is 2.86.